The predicted octanol–water partition coefficient (Wildman–Crippen LogP) is -2.73. The molecule has 20 heavy (non-hydrogen) atoms. The zero-order chi connectivity index (χ0) is 15.5. The van der Waals surface area contributed by atoms with Crippen molar-refractivity contribution < 1.29 is 35.1 Å². The summed E-state index contributed by atoms with van der Waals surface area (Å²) in [4.78, 5) is 13.3. The van der Waals surface area contributed by atoms with Crippen molar-refractivity contribution in [2.75, 3.05) is 6.54 Å². The lowest BCUT2D eigenvalue weighted by Crippen LogP contribution is -2.65. The third kappa shape index (κ3) is 3.35. The number of carboxylic acid groups (broad SMARTS) is 1. The van der Waals surface area contributed by atoms with Crippen molar-refractivity contribution in [2.45, 2.75) is 42.7 Å². The summed E-state index contributed by atoms with van der Waals surface area (Å²) in [6.07, 6.45) is -7.04. The number of nitrogens with zero attached hydrogens (tertiary/aromatic N) is 3. The molecule has 0 saturated carbocycles. The summed E-state index contributed by atoms with van der Waals surface area (Å²) >= 11 is 0. The highest BCUT2D eigenvalue weighted by molar-refractivity contribution is 5.75. The van der Waals surface area contributed by atoms with Gasteiger partial charge in [-0.25, -0.2) is 4.79 Å². The van der Waals surface area contributed by atoms with E-state index in [1.54, 1.807) is 0 Å². The van der Waals surface area contributed by atoms with Gasteiger partial charge in [0.1, 0.15) is 12.2 Å². The fourth-order valence-corrected chi connectivity index (χ4v) is 1.87. The second-order valence-corrected chi connectivity index (χ2v) is 4.49. The van der Waals surface area contributed by atoms with Crippen molar-refractivity contribution in [3.63, 3.8) is 0 Å². The van der Waals surface area contributed by atoms with Crippen LogP contribution in [-0.2, 0) is 9.53 Å². The van der Waals surface area contributed by atoms with Gasteiger partial charge in [-0.2, -0.15) is 0 Å². The van der Waals surface area contributed by atoms with E-state index in [0.717, 1.165) is 0 Å². The van der Waals surface area contributed by atoms with Crippen LogP contribution in [0.4, 0.5) is 0 Å². The number of hydrogen-bond acceptors (Lipinski definition) is 8. The maximum Gasteiger partial charge on any atom is 0.364 e. The van der Waals surface area contributed by atoms with Crippen LogP contribution in [0.3, 0.4) is 0 Å². The Morgan fingerprint density at radius 2 is 2.20 bits per heavy atom. The molecule has 1 aliphatic heterocycles. The quantitative estimate of drug-likeness (QED) is 0.178. The lowest BCUT2D eigenvalue weighted by Gasteiger charge is -2.43. The molecule has 0 bridgehead atoms. The monoisotopic (exact) mass is 292 g/mol. The summed E-state index contributed by atoms with van der Waals surface area (Å²) < 4.78 is 4.81. The van der Waals surface area contributed by atoms with Crippen LogP contribution in [0.15, 0.2) is 5.11 Å². The van der Waals surface area contributed by atoms with Crippen LogP contribution in [0.5, 0.6) is 0 Å². The molecule has 0 aromatic carbocycles. The van der Waals surface area contributed by atoms with E-state index in [0.29, 0.717) is 0 Å². The number of aliphatic hydroxyl groups excluding tert-OH is 3. The second kappa shape index (κ2) is 6.33. The summed E-state index contributed by atoms with van der Waals surface area (Å²) in [6, 6.07) is -1.23. The maximum absolute atomic E-state index is 10.9. The summed E-state index contributed by atoms with van der Waals surface area (Å²) in [5.41, 5.74) is 13.7. The highest BCUT2D eigenvalue weighted by Crippen LogP contribution is 2.29. The van der Waals surface area contributed by atoms with Crippen molar-refractivity contribution in [2.24, 2.45) is 10.8 Å². The molecule has 1 heterocycles. The number of aliphatic carboxylic acids is 1. The fourth-order valence-electron chi connectivity index (χ4n) is 1.87. The number of aliphatic hydroxyl groups is 4. The summed E-state index contributed by atoms with van der Waals surface area (Å²) in [5.74, 6) is -4.48. The van der Waals surface area contributed by atoms with Crippen LogP contribution >= 0.6 is 0 Å². The average Bonchev–Trinajstić information content (AvgIpc) is 2.39. The third-order valence-electron chi connectivity index (χ3n) is 3.04. The number of carbonyl (C=O) groups is 1. The van der Waals surface area contributed by atoms with E-state index in [4.69, 9.17) is 21.1 Å². The first-order valence-corrected chi connectivity index (χ1v) is 5.67. The van der Waals surface area contributed by atoms with Gasteiger partial charge >= 0.3 is 5.97 Å². The van der Waals surface area contributed by atoms with Gasteiger partial charge in [0.15, 0.2) is 0 Å². The highest BCUT2D eigenvalue weighted by Gasteiger charge is 2.52. The Morgan fingerprint density at radius 3 is 2.70 bits per heavy atom. The zero-order valence-corrected chi connectivity index (χ0v) is 10.3. The number of ether oxygens (including phenoxy) is 1. The Labute approximate surface area is 112 Å². The first-order valence-electron chi connectivity index (χ1n) is 5.67. The molecule has 0 spiro atoms. The standard InChI is InChI=1S/C9H16N4O7/c10-5-3(14)1-9(19,8(17)18)20-7(5)6(16)4(15)2-12-13-11/h3-7,14-16,19H,1-2,10H2,(H,17,18)/t3?,4-,5-,6-,7?,9?/m1/s1. The van der Waals surface area contributed by atoms with Gasteiger partial charge in [-0.05, 0) is 5.53 Å². The Hall–Kier alpha value is -1.46. The molecule has 3 unspecified atom stereocenters. The lowest BCUT2D eigenvalue weighted by atomic mass is 9.89. The van der Waals surface area contributed by atoms with Crippen molar-refractivity contribution in [3.8, 4) is 0 Å². The van der Waals surface area contributed by atoms with Crippen LogP contribution in [0.1, 0.15) is 6.42 Å². The molecule has 0 aromatic rings. The SMILES string of the molecule is [N-]=[N+]=NC[C@@H](O)[C@@H](O)C1OC(O)(C(=O)O)CC(O)[C@H]1N. The molecule has 7 N–H and O–H groups in total. The second-order valence-electron chi connectivity index (χ2n) is 4.49. The van der Waals surface area contributed by atoms with Gasteiger partial charge < -0.3 is 36.0 Å². The molecule has 11 nitrogen and oxygen atoms in total. The Bertz CT molecular complexity index is 415. The van der Waals surface area contributed by atoms with E-state index < -0.39 is 55.2 Å². The minimum atomic E-state index is -2.72. The van der Waals surface area contributed by atoms with Gasteiger partial charge in [-0.15, -0.1) is 0 Å². The van der Waals surface area contributed by atoms with Crippen LogP contribution < -0.4 is 5.73 Å². The molecule has 0 aromatic heterocycles. The van der Waals surface area contributed by atoms with Crippen LogP contribution in [0, 0.1) is 0 Å². The average molecular weight is 292 g/mol. The normalized spacial score (nSPS) is 36.8. The van der Waals surface area contributed by atoms with Gasteiger partial charge in [0, 0.05) is 11.3 Å². The van der Waals surface area contributed by atoms with E-state index in [2.05, 4.69) is 10.0 Å². The Kier molecular flexibility index (Phi) is 5.25. The van der Waals surface area contributed by atoms with Crippen LogP contribution in [0.25, 0.3) is 10.4 Å². The Balaban J connectivity index is 2.90. The van der Waals surface area contributed by atoms with Crippen molar-refractivity contribution in [3.05, 3.63) is 10.4 Å². The number of carboxylic acids is 1. The van der Waals surface area contributed by atoms with Crippen molar-refractivity contribution in [1.29, 1.82) is 0 Å². The number of azide groups is 1. The number of rotatable bonds is 5. The summed E-state index contributed by atoms with van der Waals surface area (Å²) in [5, 5.41) is 50.6. The summed E-state index contributed by atoms with van der Waals surface area (Å²) in [6.45, 7) is -0.508. The smallest absolute Gasteiger partial charge is 0.364 e. The molecule has 1 rings (SSSR count). The molecular formula is C9H16N4O7. The van der Waals surface area contributed by atoms with Crippen molar-refractivity contribution >= 4 is 5.97 Å². The zero-order valence-electron chi connectivity index (χ0n) is 10.3. The Morgan fingerprint density at radius 1 is 1.60 bits per heavy atom. The molecule has 114 valence electrons. The molecule has 1 saturated heterocycles. The molecule has 1 fully saturated rings. The van der Waals surface area contributed by atoms with E-state index >= 15 is 0 Å². The van der Waals surface area contributed by atoms with Crippen LogP contribution in [0.2, 0.25) is 0 Å². The maximum atomic E-state index is 10.9. The first kappa shape index (κ1) is 16.6. The van der Waals surface area contributed by atoms with Gasteiger partial charge in [-0.3, -0.25) is 0 Å². The summed E-state index contributed by atoms with van der Waals surface area (Å²) in [7, 11) is 0. The third-order valence-corrected chi connectivity index (χ3v) is 3.04. The molecular weight excluding hydrogens is 276 g/mol. The lowest BCUT2D eigenvalue weighted by molar-refractivity contribution is -0.291. The van der Waals surface area contributed by atoms with Gasteiger partial charge in [-0.1, -0.05) is 5.11 Å². The molecule has 1 aliphatic rings. The van der Waals surface area contributed by atoms with E-state index in [-0.39, 0.29) is 0 Å². The van der Waals surface area contributed by atoms with Gasteiger partial charge in [0.25, 0.3) is 5.79 Å². The molecule has 0 radical (unpaired) electrons. The van der Waals surface area contributed by atoms with Crippen molar-refractivity contribution in [1.82, 2.24) is 0 Å². The van der Waals surface area contributed by atoms with Crippen LogP contribution in [-0.4, -0.2) is 74.3 Å². The minimum Gasteiger partial charge on any atom is -0.477 e. The molecule has 0 aliphatic carbocycles. The van der Waals surface area contributed by atoms with E-state index in [1.807, 2.05) is 0 Å². The largest absolute Gasteiger partial charge is 0.477 e. The van der Waals surface area contributed by atoms with E-state index in [9.17, 15) is 25.2 Å². The molecule has 0 amide bonds. The number of hydrogen-bond donors (Lipinski definition) is 6. The number of nitrogens with two attached hydrogens (primary N) is 1. The van der Waals surface area contributed by atoms with E-state index in [1.165, 1.54) is 0 Å². The topological polar surface area (TPSA) is 202 Å². The molecule has 11 heteroatoms. The van der Waals surface area contributed by atoms with Gasteiger partial charge in [0.2, 0.25) is 0 Å². The van der Waals surface area contributed by atoms with Gasteiger partial charge in [0.05, 0.1) is 24.8 Å². The fraction of sp³-hybridized carbons (Fsp3) is 0.889. The predicted molar refractivity (Wildman–Crippen MR) is 62.1 cm³/mol. The molecule has 6 atom stereocenters. The minimum absolute atomic E-state index is 0.508. The highest BCUT2D eigenvalue weighted by atomic mass is 16.7. The first-order chi connectivity index (χ1) is 9.23.